The van der Waals surface area contributed by atoms with Crippen LogP contribution in [-0.4, -0.2) is 45.3 Å². The van der Waals surface area contributed by atoms with Gasteiger partial charge in [0.1, 0.15) is 0 Å². The third-order valence-corrected chi connectivity index (χ3v) is 6.12. The molecule has 2 aliphatic rings. The van der Waals surface area contributed by atoms with E-state index >= 15 is 0 Å². The van der Waals surface area contributed by atoms with Gasteiger partial charge in [-0.15, -0.1) is 4.40 Å². The summed E-state index contributed by atoms with van der Waals surface area (Å²) in [5.41, 5.74) is 0.637. The summed E-state index contributed by atoms with van der Waals surface area (Å²) in [5.74, 6) is -0.642. The summed E-state index contributed by atoms with van der Waals surface area (Å²) in [6.45, 7) is 1.14. The van der Waals surface area contributed by atoms with E-state index in [1.54, 1.807) is 0 Å². The van der Waals surface area contributed by atoms with Crippen LogP contribution in [0.5, 0.6) is 0 Å². The summed E-state index contributed by atoms with van der Waals surface area (Å²) < 4.78 is 46.4. The molecule has 0 unspecified atom stereocenters. The van der Waals surface area contributed by atoms with E-state index in [4.69, 9.17) is 14.2 Å². The van der Waals surface area contributed by atoms with Crippen molar-refractivity contribution >= 4 is 21.6 Å². The first-order chi connectivity index (χ1) is 14.0. The summed E-state index contributed by atoms with van der Waals surface area (Å²) in [6, 6.07) is 13.9. The van der Waals surface area contributed by atoms with Gasteiger partial charge >= 0.3 is 0 Å². The Kier molecular flexibility index (Phi) is 5.31. The summed E-state index contributed by atoms with van der Waals surface area (Å²) in [6.07, 6.45) is -0.505. The lowest BCUT2D eigenvalue weighted by Crippen LogP contribution is -2.28. The van der Waals surface area contributed by atoms with Crippen molar-refractivity contribution in [2.24, 2.45) is 10.3 Å². The topological polar surface area (TPSA) is 117 Å². The zero-order valence-corrected chi connectivity index (χ0v) is 16.0. The van der Waals surface area contributed by atoms with E-state index in [1.807, 2.05) is 30.3 Å². The standard InChI is InChI=1S/C19H18N2O7S/c22-21(23)14-6-8-15(9-7-14)29(24,25)20-18-17(13-4-2-1-3-5-13)16(12-28-18)19-26-10-11-27-19/h1-9,16-17,19H,10-12H2/b20-18+/t16-,17+/m0/s1. The fraction of sp³-hybridized carbons (Fsp3) is 0.316. The third kappa shape index (κ3) is 4.00. The van der Waals surface area contributed by atoms with Gasteiger partial charge in [0, 0.05) is 12.1 Å². The van der Waals surface area contributed by atoms with Gasteiger partial charge in [-0.3, -0.25) is 10.1 Å². The molecule has 2 atom stereocenters. The Morgan fingerprint density at radius 1 is 1.00 bits per heavy atom. The molecule has 0 N–H and O–H groups in total. The minimum atomic E-state index is -4.12. The predicted molar refractivity (Wildman–Crippen MR) is 102 cm³/mol. The van der Waals surface area contributed by atoms with Crippen LogP contribution in [-0.2, 0) is 24.2 Å². The second-order valence-corrected chi connectivity index (χ2v) is 8.23. The van der Waals surface area contributed by atoms with Crippen molar-refractivity contribution < 1.29 is 27.6 Å². The van der Waals surface area contributed by atoms with E-state index in [9.17, 15) is 18.5 Å². The molecular formula is C19H18N2O7S. The van der Waals surface area contributed by atoms with Crippen molar-refractivity contribution in [2.75, 3.05) is 19.8 Å². The molecule has 0 aliphatic carbocycles. The Hall–Kier alpha value is -2.82. The molecule has 2 aliphatic heterocycles. The van der Waals surface area contributed by atoms with Crippen LogP contribution in [0.25, 0.3) is 0 Å². The number of nitrogens with zero attached hydrogens (tertiary/aromatic N) is 2. The monoisotopic (exact) mass is 418 g/mol. The van der Waals surface area contributed by atoms with Gasteiger partial charge in [0.2, 0.25) is 5.90 Å². The number of nitro benzene ring substituents is 1. The zero-order chi connectivity index (χ0) is 20.4. The molecule has 2 aromatic rings. The van der Waals surface area contributed by atoms with Crippen molar-refractivity contribution in [2.45, 2.75) is 17.1 Å². The number of rotatable bonds is 5. The number of nitro groups is 1. The summed E-state index contributed by atoms with van der Waals surface area (Å²) in [5, 5.41) is 10.8. The molecule has 0 aromatic heterocycles. The second-order valence-electron chi connectivity index (χ2n) is 6.63. The molecule has 2 fully saturated rings. The lowest BCUT2D eigenvalue weighted by molar-refractivity contribution is -0.384. The van der Waals surface area contributed by atoms with Crippen LogP contribution in [0.1, 0.15) is 11.5 Å². The molecule has 0 amide bonds. The predicted octanol–water partition coefficient (Wildman–Crippen LogP) is 2.49. The van der Waals surface area contributed by atoms with Gasteiger partial charge in [-0.1, -0.05) is 30.3 Å². The van der Waals surface area contributed by atoms with Crippen LogP contribution in [0.4, 0.5) is 5.69 Å². The van der Waals surface area contributed by atoms with E-state index in [2.05, 4.69) is 4.40 Å². The Morgan fingerprint density at radius 2 is 1.66 bits per heavy atom. The van der Waals surface area contributed by atoms with Crippen LogP contribution in [0.3, 0.4) is 0 Å². The van der Waals surface area contributed by atoms with Crippen molar-refractivity contribution in [1.29, 1.82) is 0 Å². The first-order valence-electron chi connectivity index (χ1n) is 8.96. The van der Waals surface area contributed by atoms with E-state index < -0.39 is 27.2 Å². The average Bonchev–Trinajstić information content (AvgIpc) is 3.38. The molecule has 0 bridgehead atoms. The van der Waals surface area contributed by atoms with Crippen LogP contribution in [0.2, 0.25) is 0 Å². The van der Waals surface area contributed by atoms with Gasteiger partial charge in [0.15, 0.2) is 6.29 Å². The highest BCUT2D eigenvalue weighted by molar-refractivity contribution is 7.90. The van der Waals surface area contributed by atoms with Gasteiger partial charge in [-0.2, -0.15) is 8.42 Å². The van der Waals surface area contributed by atoms with Crippen LogP contribution < -0.4 is 0 Å². The Morgan fingerprint density at radius 3 is 2.28 bits per heavy atom. The SMILES string of the molecule is O=[N+]([O-])c1ccc(S(=O)(=O)/N=C2/OC[C@H](C3OCCO3)[C@H]2c2ccccc2)cc1. The van der Waals surface area contributed by atoms with Gasteiger partial charge in [0.05, 0.1) is 41.5 Å². The van der Waals surface area contributed by atoms with Gasteiger partial charge in [0.25, 0.3) is 15.7 Å². The Bertz CT molecular complexity index is 1020. The average molecular weight is 418 g/mol. The smallest absolute Gasteiger partial charge is 0.285 e. The largest absolute Gasteiger partial charge is 0.479 e. The van der Waals surface area contributed by atoms with Crippen molar-refractivity contribution in [3.63, 3.8) is 0 Å². The molecule has 10 heteroatoms. The second kappa shape index (κ2) is 7.90. The number of benzene rings is 2. The number of non-ortho nitro benzene ring substituents is 1. The molecule has 4 rings (SSSR count). The molecule has 2 heterocycles. The number of hydrogen-bond donors (Lipinski definition) is 0. The highest BCUT2D eigenvalue weighted by Gasteiger charge is 2.44. The molecule has 2 saturated heterocycles. The number of sulfonamides is 1. The molecule has 29 heavy (non-hydrogen) atoms. The molecule has 9 nitrogen and oxygen atoms in total. The van der Waals surface area contributed by atoms with Crippen LogP contribution in [0, 0.1) is 16.0 Å². The lowest BCUT2D eigenvalue weighted by atomic mass is 9.88. The first kappa shape index (κ1) is 19.5. The Balaban J connectivity index is 1.69. The Labute approximate surface area is 167 Å². The first-order valence-corrected chi connectivity index (χ1v) is 10.4. The van der Waals surface area contributed by atoms with Crippen molar-refractivity contribution in [3.8, 4) is 0 Å². The minimum Gasteiger partial charge on any atom is -0.479 e. The molecule has 0 spiro atoms. The number of ether oxygens (including phenoxy) is 3. The maximum absolute atomic E-state index is 12.8. The highest BCUT2D eigenvalue weighted by Crippen LogP contribution is 2.38. The third-order valence-electron chi connectivity index (χ3n) is 4.83. The van der Waals surface area contributed by atoms with Crippen molar-refractivity contribution in [3.05, 3.63) is 70.3 Å². The molecule has 2 aromatic carbocycles. The fourth-order valence-corrected chi connectivity index (χ4v) is 4.44. The highest BCUT2D eigenvalue weighted by atomic mass is 32.2. The van der Waals surface area contributed by atoms with E-state index in [0.29, 0.717) is 13.2 Å². The van der Waals surface area contributed by atoms with Gasteiger partial charge in [-0.05, 0) is 17.7 Å². The van der Waals surface area contributed by atoms with E-state index in [1.165, 1.54) is 0 Å². The minimum absolute atomic E-state index is 0.0543. The molecular weight excluding hydrogens is 400 g/mol. The normalized spacial score (nSPS) is 23.9. The quantitative estimate of drug-likeness (QED) is 0.541. The van der Waals surface area contributed by atoms with Crippen molar-refractivity contribution in [1.82, 2.24) is 0 Å². The fourth-order valence-electron chi connectivity index (χ4n) is 3.45. The molecule has 0 saturated carbocycles. The molecule has 0 radical (unpaired) electrons. The summed E-state index contributed by atoms with van der Waals surface area (Å²) in [4.78, 5) is 10.0. The summed E-state index contributed by atoms with van der Waals surface area (Å²) >= 11 is 0. The maximum Gasteiger partial charge on any atom is 0.285 e. The number of hydrogen-bond acceptors (Lipinski definition) is 7. The van der Waals surface area contributed by atoms with Crippen LogP contribution in [0.15, 0.2) is 63.9 Å². The van der Waals surface area contributed by atoms with E-state index in [0.717, 1.165) is 29.8 Å². The van der Waals surface area contributed by atoms with E-state index in [-0.39, 0.29) is 29.0 Å². The van der Waals surface area contributed by atoms with Crippen LogP contribution >= 0.6 is 0 Å². The zero-order valence-electron chi connectivity index (χ0n) is 15.2. The van der Waals surface area contributed by atoms with Gasteiger partial charge < -0.3 is 14.2 Å². The lowest BCUT2D eigenvalue weighted by Gasteiger charge is -2.21. The summed E-state index contributed by atoms with van der Waals surface area (Å²) in [7, 11) is -4.12. The van der Waals surface area contributed by atoms with Gasteiger partial charge in [-0.25, -0.2) is 0 Å². The molecule has 152 valence electrons. The maximum atomic E-state index is 12.8.